The standard InChI is InChI=1S/C20H29N5O5S/c1-3-31(29,30)24-13-11-23(12-14-24)15-17(26)22-25-18(27)20(2,21-19(25)28)10-9-16-7-5-4-6-8-16/h4-8H,3,9-15H2,1-2H3,(H,21,28)(H,22,26). The summed E-state index contributed by atoms with van der Waals surface area (Å²) in [6, 6.07) is 8.99. The van der Waals surface area contributed by atoms with Gasteiger partial charge in [-0.15, -0.1) is 0 Å². The van der Waals surface area contributed by atoms with Crippen molar-refractivity contribution in [1.82, 2.24) is 25.0 Å². The highest BCUT2D eigenvalue weighted by atomic mass is 32.2. The number of carbonyl (C=O) groups excluding carboxylic acids is 3. The number of amides is 4. The molecule has 2 N–H and O–H groups in total. The second-order valence-electron chi connectivity index (χ2n) is 8.00. The van der Waals surface area contributed by atoms with Gasteiger partial charge in [-0.3, -0.25) is 19.9 Å². The third-order valence-corrected chi connectivity index (χ3v) is 7.59. The Kier molecular flexibility index (Phi) is 6.97. The van der Waals surface area contributed by atoms with Gasteiger partial charge in [-0.1, -0.05) is 30.3 Å². The van der Waals surface area contributed by atoms with E-state index >= 15 is 0 Å². The Morgan fingerprint density at radius 1 is 1.13 bits per heavy atom. The summed E-state index contributed by atoms with van der Waals surface area (Å²) in [6.45, 7) is 4.64. The molecule has 2 aliphatic rings. The zero-order valence-corrected chi connectivity index (χ0v) is 18.7. The smallest absolute Gasteiger partial charge is 0.322 e. The van der Waals surface area contributed by atoms with Crippen molar-refractivity contribution in [2.75, 3.05) is 38.5 Å². The molecule has 0 bridgehead atoms. The number of hydrazine groups is 1. The molecular formula is C20H29N5O5S. The first-order valence-corrected chi connectivity index (χ1v) is 12.0. The summed E-state index contributed by atoms with van der Waals surface area (Å²) < 4.78 is 25.3. The zero-order valence-electron chi connectivity index (χ0n) is 17.8. The zero-order chi connectivity index (χ0) is 22.6. The fraction of sp³-hybridized carbons (Fsp3) is 0.550. The van der Waals surface area contributed by atoms with Gasteiger partial charge in [0.25, 0.3) is 11.8 Å². The van der Waals surface area contributed by atoms with Crippen LogP contribution in [-0.2, 0) is 26.0 Å². The Labute approximate surface area is 182 Å². The van der Waals surface area contributed by atoms with Crippen LogP contribution in [0.5, 0.6) is 0 Å². The predicted molar refractivity (Wildman–Crippen MR) is 114 cm³/mol. The normalized spacial score (nSPS) is 23.1. The van der Waals surface area contributed by atoms with E-state index in [1.807, 2.05) is 30.3 Å². The largest absolute Gasteiger partial charge is 0.344 e. The van der Waals surface area contributed by atoms with Gasteiger partial charge in [-0.05, 0) is 32.3 Å². The van der Waals surface area contributed by atoms with E-state index < -0.39 is 33.4 Å². The molecule has 2 heterocycles. The Bertz CT molecular complexity index is 931. The molecule has 0 spiro atoms. The lowest BCUT2D eigenvalue weighted by atomic mass is 9.93. The summed E-state index contributed by atoms with van der Waals surface area (Å²) in [6.07, 6.45) is 1.01. The fourth-order valence-corrected chi connectivity index (χ4v) is 4.79. The number of rotatable bonds is 8. The maximum Gasteiger partial charge on any atom is 0.344 e. The first-order chi connectivity index (χ1) is 14.6. The molecule has 0 radical (unpaired) electrons. The summed E-state index contributed by atoms with van der Waals surface area (Å²) in [5.41, 5.74) is 2.35. The molecule has 1 aromatic rings. The minimum absolute atomic E-state index is 0.0300. The second-order valence-corrected chi connectivity index (χ2v) is 10.3. The number of sulfonamides is 1. The van der Waals surface area contributed by atoms with Crippen LogP contribution >= 0.6 is 0 Å². The number of nitrogens with zero attached hydrogens (tertiary/aromatic N) is 3. The highest BCUT2D eigenvalue weighted by Gasteiger charge is 2.48. The lowest BCUT2D eigenvalue weighted by Gasteiger charge is -2.33. The van der Waals surface area contributed by atoms with Crippen LogP contribution in [0.3, 0.4) is 0 Å². The third kappa shape index (κ3) is 5.41. The highest BCUT2D eigenvalue weighted by Crippen LogP contribution is 2.22. The first-order valence-electron chi connectivity index (χ1n) is 10.3. The summed E-state index contributed by atoms with van der Waals surface area (Å²) in [5.74, 6) is -0.953. The molecule has 170 valence electrons. The monoisotopic (exact) mass is 451 g/mol. The van der Waals surface area contributed by atoms with E-state index in [9.17, 15) is 22.8 Å². The molecule has 4 amide bonds. The van der Waals surface area contributed by atoms with Crippen molar-refractivity contribution in [1.29, 1.82) is 0 Å². The fourth-order valence-electron chi connectivity index (χ4n) is 3.71. The molecule has 1 aromatic carbocycles. The number of imide groups is 1. The molecule has 1 atom stereocenters. The van der Waals surface area contributed by atoms with Crippen LogP contribution in [0.15, 0.2) is 30.3 Å². The maximum atomic E-state index is 12.8. The summed E-state index contributed by atoms with van der Waals surface area (Å²) in [5, 5.41) is 3.42. The minimum Gasteiger partial charge on any atom is -0.322 e. The van der Waals surface area contributed by atoms with Gasteiger partial charge in [0.05, 0.1) is 12.3 Å². The number of hydrogen-bond acceptors (Lipinski definition) is 6. The average molecular weight is 452 g/mol. The maximum absolute atomic E-state index is 12.8. The average Bonchev–Trinajstić information content (AvgIpc) is 2.97. The van der Waals surface area contributed by atoms with E-state index in [-0.39, 0.29) is 12.3 Å². The molecule has 0 aliphatic carbocycles. The molecule has 2 aliphatic heterocycles. The van der Waals surface area contributed by atoms with Crippen molar-refractivity contribution in [3.05, 3.63) is 35.9 Å². The summed E-state index contributed by atoms with van der Waals surface area (Å²) >= 11 is 0. The van der Waals surface area contributed by atoms with Gasteiger partial charge in [0, 0.05) is 26.2 Å². The van der Waals surface area contributed by atoms with Gasteiger partial charge in [-0.25, -0.2) is 13.2 Å². The van der Waals surface area contributed by atoms with Gasteiger partial charge in [-0.2, -0.15) is 9.31 Å². The Balaban J connectivity index is 1.51. The summed E-state index contributed by atoms with van der Waals surface area (Å²) in [4.78, 5) is 39.4. The first kappa shape index (κ1) is 23.2. The molecule has 0 aromatic heterocycles. The molecule has 2 saturated heterocycles. The van der Waals surface area contributed by atoms with Gasteiger partial charge < -0.3 is 5.32 Å². The Morgan fingerprint density at radius 2 is 1.77 bits per heavy atom. The number of carbonyl (C=O) groups is 3. The SMILES string of the molecule is CCS(=O)(=O)N1CCN(CC(=O)NN2C(=O)NC(C)(CCc3ccccc3)C2=O)CC1. The number of nitrogens with one attached hydrogen (secondary N) is 2. The lowest BCUT2D eigenvalue weighted by molar-refractivity contribution is -0.139. The van der Waals surface area contributed by atoms with Gasteiger partial charge in [0.1, 0.15) is 5.54 Å². The van der Waals surface area contributed by atoms with Crippen LogP contribution in [0.2, 0.25) is 0 Å². The van der Waals surface area contributed by atoms with E-state index in [1.165, 1.54) is 4.31 Å². The van der Waals surface area contributed by atoms with E-state index in [0.717, 1.165) is 10.6 Å². The molecule has 0 saturated carbocycles. The lowest BCUT2D eigenvalue weighted by Crippen LogP contribution is -2.54. The van der Waals surface area contributed by atoms with E-state index in [2.05, 4.69) is 10.7 Å². The number of hydrogen-bond donors (Lipinski definition) is 2. The highest BCUT2D eigenvalue weighted by molar-refractivity contribution is 7.89. The molecule has 10 nitrogen and oxygen atoms in total. The van der Waals surface area contributed by atoms with Crippen molar-refractivity contribution < 1.29 is 22.8 Å². The minimum atomic E-state index is -3.24. The number of benzene rings is 1. The van der Waals surface area contributed by atoms with Gasteiger partial charge >= 0.3 is 6.03 Å². The predicted octanol–water partition coefficient (Wildman–Crippen LogP) is -0.0718. The molecule has 2 fully saturated rings. The van der Waals surface area contributed by atoms with Crippen molar-refractivity contribution in [2.24, 2.45) is 0 Å². The second kappa shape index (κ2) is 9.33. The van der Waals surface area contributed by atoms with Crippen molar-refractivity contribution in [3.63, 3.8) is 0 Å². The van der Waals surface area contributed by atoms with E-state index in [0.29, 0.717) is 39.0 Å². The molecule has 1 unspecified atom stereocenters. The molecular weight excluding hydrogens is 422 g/mol. The molecule has 3 rings (SSSR count). The van der Waals surface area contributed by atoms with E-state index in [1.54, 1.807) is 18.7 Å². The topological polar surface area (TPSA) is 119 Å². The van der Waals surface area contributed by atoms with E-state index in [4.69, 9.17) is 0 Å². The van der Waals surface area contributed by atoms with Crippen molar-refractivity contribution in [2.45, 2.75) is 32.2 Å². The Morgan fingerprint density at radius 3 is 2.39 bits per heavy atom. The van der Waals surface area contributed by atoms with Gasteiger partial charge in [0.15, 0.2) is 0 Å². The number of aryl methyl sites for hydroxylation is 1. The Hall–Kier alpha value is -2.50. The van der Waals surface area contributed by atoms with Crippen molar-refractivity contribution in [3.8, 4) is 0 Å². The quantitative estimate of drug-likeness (QED) is 0.534. The van der Waals surface area contributed by atoms with Crippen LogP contribution in [0.25, 0.3) is 0 Å². The van der Waals surface area contributed by atoms with Crippen LogP contribution in [0.4, 0.5) is 4.79 Å². The molecule has 11 heteroatoms. The number of piperazine rings is 1. The van der Waals surface area contributed by atoms with Crippen LogP contribution in [-0.4, -0.2) is 84.5 Å². The van der Waals surface area contributed by atoms with Crippen molar-refractivity contribution >= 4 is 27.9 Å². The van der Waals surface area contributed by atoms with Crippen LogP contribution in [0, 0.1) is 0 Å². The summed E-state index contributed by atoms with van der Waals surface area (Å²) in [7, 11) is -3.24. The van der Waals surface area contributed by atoms with Crippen LogP contribution < -0.4 is 10.7 Å². The van der Waals surface area contributed by atoms with Crippen LogP contribution in [0.1, 0.15) is 25.8 Å². The molecule has 31 heavy (non-hydrogen) atoms. The number of urea groups is 1. The van der Waals surface area contributed by atoms with Gasteiger partial charge in [0.2, 0.25) is 10.0 Å². The third-order valence-electron chi connectivity index (χ3n) is 5.71.